The quantitative estimate of drug-likeness (QED) is 0.835. The molecule has 5 nitrogen and oxygen atoms in total. The van der Waals surface area contributed by atoms with Crippen molar-refractivity contribution in [3.05, 3.63) is 35.9 Å². The second-order valence-electron chi connectivity index (χ2n) is 6.60. The van der Waals surface area contributed by atoms with Crippen molar-refractivity contribution >= 4 is 5.78 Å². The topological polar surface area (TPSA) is 54.0 Å². The van der Waals surface area contributed by atoms with Gasteiger partial charge in [-0.15, -0.1) is 0 Å². The molecule has 1 aromatic carbocycles. The van der Waals surface area contributed by atoms with Gasteiger partial charge in [0.15, 0.2) is 23.5 Å². The van der Waals surface area contributed by atoms with Gasteiger partial charge in [-0.3, -0.25) is 4.79 Å². The van der Waals surface area contributed by atoms with Gasteiger partial charge in [0.1, 0.15) is 12.2 Å². The number of Topliss-reactive ketones (excluding diaryl/α,β-unsaturated/α-hetero) is 1. The Morgan fingerprint density at radius 2 is 1.87 bits per heavy atom. The van der Waals surface area contributed by atoms with E-state index in [9.17, 15) is 4.79 Å². The first-order valence-electron chi connectivity index (χ1n) is 8.08. The fourth-order valence-corrected chi connectivity index (χ4v) is 3.40. The van der Waals surface area contributed by atoms with Crippen molar-refractivity contribution in [2.24, 2.45) is 0 Å². The second-order valence-corrected chi connectivity index (χ2v) is 6.60. The molecule has 2 aliphatic rings. The normalized spacial score (nSPS) is 35.2. The Bertz CT molecular complexity index is 570. The summed E-state index contributed by atoms with van der Waals surface area (Å²) in [5.41, 5.74) is 0.0309. The largest absolute Gasteiger partial charge is 0.367 e. The molecule has 2 saturated heterocycles. The minimum Gasteiger partial charge on any atom is -0.367 e. The van der Waals surface area contributed by atoms with Gasteiger partial charge in [-0.1, -0.05) is 37.3 Å². The first-order chi connectivity index (χ1) is 10.9. The highest BCUT2D eigenvalue weighted by molar-refractivity contribution is 5.86. The molecule has 4 atom stereocenters. The van der Waals surface area contributed by atoms with Crippen LogP contribution in [0.1, 0.15) is 39.7 Å². The lowest BCUT2D eigenvalue weighted by Gasteiger charge is -2.34. The summed E-state index contributed by atoms with van der Waals surface area (Å²) < 4.78 is 23.9. The van der Waals surface area contributed by atoms with Gasteiger partial charge < -0.3 is 18.9 Å². The molecular weight excluding hydrogens is 296 g/mol. The van der Waals surface area contributed by atoms with Crippen LogP contribution in [-0.2, 0) is 30.3 Å². The lowest BCUT2D eigenvalue weighted by Crippen LogP contribution is -2.51. The van der Waals surface area contributed by atoms with Crippen LogP contribution in [0.2, 0.25) is 0 Å². The zero-order valence-corrected chi connectivity index (χ0v) is 14.1. The van der Waals surface area contributed by atoms with Crippen LogP contribution in [0.4, 0.5) is 0 Å². The van der Waals surface area contributed by atoms with Crippen LogP contribution < -0.4 is 0 Å². The highest BCUT2D eigenvalue weighted by Gasteiger charge is 2.63. The molecule has 126 valence electrons. The van der Waals surface area contributed by atoms with Crippen molar-refractivity contribution in [2.45, 2.75) is 70.6 Å². The van der Waals surface area contributed by atoms with Gasteiger partial charge in [0.2, 0.25) is 0 Å². The van der Waals surface area contributed by atoms with Crippen molar-refractivity contribution in [1.82, 2.24) is 0 Å². The number of hydrogen-bond acceptors (Lipinski definition) is 5. The van der Waals surface area contributed by atoms with E-state index in [-0.39, 0.29) is 5.78 Å². The van der Waals surface area contributed by atoms with Crippen LogP contribution in [-0.4, -0.2) is 35.7 Å². The van der Waals surface area contributed by atoms with Gasteiger partial charge in [-0.25, -0.2) is 0 Å². The number of carbonyl (C=O) groups excluding carboxylic acids is 1. The van der Waals surface area contributed by atoms with Gasteiger partial charge in [0.25, 0.3) is 0 Å². The lowest BCUT2D eigenvalue weighted by atomic mass is 9.88. The van der Waals surface area contributed by atoms with E-state index < -0.39 is 29.9 Å². The minimum absolute atomic E-state index is 0.0579. The summed E-state index contributed by atoms with van der Waals surface area (Å²) in [5.74, 6) is -0.794. The predicted octanol–water partition coefficient (Wildman–Crippen LogP) is 2.82. The monoisotopic (exact) mass is 320 g/mol. The molecule has 23 heavy (non-hydrogen) atoms. The molecule has 1 aromatic rings. The zero-order chi connectivity index (χ0) is 16.7. The summed E-state index contributed by atoms with van der Waals surface area (Å²) in [7, 11) is 0. The average molecular weight is 320 g/mol. The van der Waals surface area contributed by atoms with Crippen LogP contribution in [0.3, 0.4) is 0 Å². The smallest absolute Gasteiger partial charge is 0.191 e. The Hall–Kier alpha value is -1.27. The molecule has 0 radical (unpaired) electrons. The Kier molecular flexibility index (Phi) is 4.31. The first kappa shape index (κ1) is 16.6. The van der Waals surface area contributed by atoms with Crippen LogP contribution in [0, 0.1) is 0 Å². The second kappa shape index (κ2) is 5.98. The number of rotatable bonds is 5. The van der Waals surface area contributed by atoms with Crippen molar-refractivity contribution in [2.75, 3.05) is 0 Å². The van der Waals surface area contributed by atoms with E-state index >= 15 is 0 Å². The third-order valence-electron chi connectivity index (χ3n) is 4.57. The molecule has 2 fully saturated rings. The van der Waals surface area contributed by atoms with Gasteiger partial charge >= 0.3 is 0 Å². The molecule has 3 rings (SSSR count). The molecule has 2 heterocycles. The molecule has 0 aromatic heterocycles. The third kappa shape index (κ3) is 2.94. The maximum absolute atomic E-state index is 12.3. The number of benzene rings is 1. The van der Waals surface area contributed by atoms with E-state index in [0.29, 0.717) is 13.0 Å². The predicted molar refractivity (Wildman–Crippen MR) is 83.6 cm³/mol. The average Bonchev–Trinajstić information content (AvgIpc) is 2.95. The zero-order valence-electron chi connectivity index (χ0n) is 14.1. The summed E-state index contributed by atoms with van der Waals surface area (Å²) in [6, 6.07) is 9.86. The van der Waals surface area contributed by atoms with E-state index in [2.05, 4.69) is 0 Å². The Labute approximate surface area is 136 Å². The Balaban J connectivity index is 1.83. The fraction of sp³-hybridized carbons (Fsp3) is 0.611. The molecule has 5 heteroatoms. The fourth-order valence-electron chi connectivity index (χ4n) is 3.40. The summed E-state index contributed by atoms with van der Waals surface area (Å²) in [5, 5.41) is 0. The van der Waals surface area contributed by atoms with Crippen LogP contribution >= 0.6 is 0 Å². The maximum atomic E-state index is 12.3. The lowest BCUT2D eigenvalue weighted by molar-refractivity contribution is -0.241. The van der Waals surface area contributed by atoms with Gasteiger partial charge in [-0.05, 0) is 32.8 Å². The van der Waals surface area contributed by atoms with E-state index in [1.165, 1.54) is 6.92 Å². The SMILES string of the molecule is CC[C@@]1(C(C)=O)O[C@@H]2OC(C)(C)O[C@H]2C1OCc1ccccc1. The Morgan fingerprint density at radius 1 is 1.17 bits per heavy atom. The van der Waals surface area contributed by atoms with Crippen LogP contribution in [0.25, 0.3) is 0 Å². The summed E-state index contributed by atoms with van der Waals surface area (Å²) in [4.78, 5) is 12.3. The number of fused-ring (bicyclic) bond motifs is 1. The van der Waals surface area contributed by atoms with Gasteiger partial charge in [-0.2, -0.15) is 0 Å². The number of carbonyl (C=O) groups is 1. The van der Waals surface area contributed by atoms with Crippen LogP contribution in [0.5, 0.6) is 0 Å². The molecule has 0 bridgehead atoms. The van der Waals surface area contributed by atoms with Crippen molar-refractivity contribution in [3.8, 4) is 0 Å². The molecule has 0 spiro atoms. The summed E-state index contributed by atoms with van der Waals surface area (Å²) >= 11 is 0. The van der Waals surface area contributed by atoms with Crippen molar-refractivity contribution < 1.29 is 23.7 Å². The molecular formula is C18H24O5. The number of hydrogen-bond donors (Lipinski definition) is 0. The van der Waals surface area contributed by atoms with E-state index in [4.69, 9.17) is 18.9 Å². The minimum atomic E-state index is -1.01. The van der Waals surface area contributed by atoms with E-state index in [1.54, 1.807) is 0 Å². The third-order valence-corrected chi connectivity index (χ3v) is 4.57. The Morgan fingerprint density at radius 3 is 2.48 bits per heavy atom. The van der Waals surface area contributed by atoms with Crippen molar-refractivity contribution in [3.63, 3.8) is 0 Å². The first-order valence-corrected chi connectivity index (χ1v) is 8.08. The number of ether oxygens (including phenoxy) is 4. The van der Waals surface area contributed by atoms with Gasteiger partial charge in [0, 0.05) is 0 Å². The molecule has 0 N–H and O–H groups in total. The molecule has 1 unspecified atom stereocenters. The van der Waals surface area contributed by atoms with E-state index in [1.807, 2.05) is 51.1 Å². The highest BCUT2D eigenvalue weighted by atomic mass is 16.8. The number of ketones is 1. The highest BCUT2D eigenvalue weighted by Crippen LogP contribution is 2.45. The summed E-state index contributed by atoms with van der Waals surface area (Å²) in [6.45, 7) is 7.53. The van der Waals surface area contributed by atoms with Gasteiger partial charge in [0.05, 0.1) is 6.61 Å². The maximum Gasteiger partial charge on any atom is 0.191 e. The van der Waals surface area contributed by atoms with Crippen LogP contribution in [0.15, 0.2) is 30.3 Å². The molecule has 2 aliphatic heterocycles. The summed E-state index contributed by atoms with van der Waals surface area (Å²) in [6.07, 6.45) is -0.953. The molecule has 0 amide bonds. The molecule has 0 aliphatic carbocycles. The van der Waals surface area contributed by atoms with E-state index in [0.717, 1.165) is 5.56 Å². The van der Waals surface area contributed by atoms with Crippen molar-refractivity contribution in [1.29, 1.82) is 0 Å². The molecule has 0 saturated carbocycles. The standard InChI is InChI=1S/C18H24O5/c1-5-18(12(2)19)15(20-11-13-9-7-6-8-10-13)14-16(23-18)22-17(3,4)21-14/h6-10,14-16H,5,11H2,1-4H3/t14-,15?,16-,18-/m0/s1.